The van der Waals surface area contributed by atoms with Crippen molar-refractivity contribution in [3.8, 4) is 17.3 Å². The van der Waals surface area contributed by atoms with E-state index in [9.17, 15) is 14.4 Å². The highest BCUT2D eigenvalue weighted by Crippen LogP contribution is 2.45. The zero-order valence-electron chi connectivity index (χ0n) is 23.9. The SMILES string of the molecule is CCN(c1nc(-c2ccc(F)cc2)c(C#N)s1)c1cc(C2CC2)nc2c(F)cc(N3CC(C(=O)OC(C)(C)C)C3)cc12. The molecule has 0 unspecified atom stereocenters. The number of rotatable bonds is 7. The van der Waals surface area contributed by atoms with Gasteiger partial charge in [-0.3, -0.25) is 4.79 Å². The van der Waals surface area contributed by atoms with Crippen molar-refractivity contribution in [1.82, 2.24) is 9.97 Å². The molecule has 7 nitrogen and oxygen atoms in total. The Bertz CT molecular complexity index is 1710. The van der Waals surface area contributed by atoms with Gasteiger partial charge >= 0.3 is 5.97 Å². The Hall–Kier alpha value is -4.10. The highest BCUT2D eigenvalue weighted by molar-refractivity contribution is 7.16. The van der Waals surface area contributed by atoms with Crippen LogP contribution in [0.15, 0.2) is 42.5 Å². The number of pyridine rings is 1. The van der Waals surface area contributed by atoms with E-state index in [1.165, 1.54) is 29.5 Å². The van der Waals surface area contributed by atoms with Gasteiger partial charge in [-0.15, -0.1) is 0 Å². The van der Waals surface area contributed by atoms with Gasteiger partial charge in [-0.05, 0) is 83.0 Å². The lowest BCUT2D eigenvalue weighted by molar-refractivity contribution is -0.160. The maximum absolute atomic E-state index is 15.8. The summed E-state index contributed by atoms with van der Waals surface area (Å²) >= 11 is 1.25. The van der Waals surface area contributed by atoms with Crippen molar-refractivity contribution in [3.05, 3.63) is 64.7 Å². The van der Waals surface area contributed by atoms with E-state index in [2.05, 4.69) is 6.07 Å². The molecule has 6 rings (SSSR count). The van der Waals surface area contributed by atoms with Crippen LogP contribution in [0, 0.1) is 28.9 Å². The minimum absolute atomic E-state index is 0.248. The first kappa shape index (κ1) is 28.0. The van der Waals surface area contributed by atoms with Gasteiger partial charge in [0.2, 0.25) is 0 Å². The summed E-state index contributed by atoms with van der Waals surface area (Å²) < 4.78 is 34.9. The summed E-state index contributed by atoms with van der Waals surface area (Å²) in [5.41, 5.74) is 3.13. The van der Waals surface area contributed by atoms with Gasteiger partial charge < -0.3 is 14.5 Å². The van der Waals surface area contributed by atoms with Crippen molar-refractivity contribution in [1.29, 1.82) is 5.26 Å². The van der Waals surface area contributed by atoms with Crippen molar-refractivity contribution in [2.75, 3.05) is 29.4 Å². The number of fused-ring (bicyclic) bond motifs is 1. The number of thiazole rings is 1. The first-order valence-corrected chi connectivity index (χ1v) is 14.9. The van der Waals surface area contributed by atoms with Crippen LogP contribution in [0.5, 0.6) is 0 Å². The molecule has 216 valence electrons. The molecule has 0 amide bonds. The number of hydrogen-bond donors (Lipinski definition) is 0. The summed E-state index contributed by atoms with van der Waals surface area (Å²) in [6.45, 7) is 8.91. The summed E-state index contributed by atoms with van der Waals surface area (Å²) in [5, 5.41) is 11.1. The molecule has 1 aliphatic heterocycles. The Morgan fingerprint density at radius 1 is 1.14 bits per heavy atom. The van der Waals surface area contributed by atoms with E-state index < -0.39 is 11.4 Å². The predicted molar refractivity (Wildman–Crippen MR) is 160 cm³/mol. The number of halogens is 2. The first-order chi connectivity index (χ1) is 20.0. The second-order valence-electron chi connectivity index (χ2n) is 11.8. The van der Waals surface area contributed by atoms with Crippen LogP contribution in [0.25, 0.3) is 22.2 Å². The number of nitriles is 1. The largest absolute Gasteiger partial charge is 0.460 e. The van der Waals surface area contributed by atoms with Gasteiger partial charge in [-0.25, -0.2) is 18.7 Å². The van der Waals surface area contributed by atoms with E-state index in [4.69, 9.17) is 14.7 Å². The van der Waals surface area contributed by atoms with Gasteiger partial charge in [-0.2, -0.15) is 5.26 Å². The summed E-state index contributed by atoms with van der Waals surface area (Å²) in [6, 6.07) is 13.6. The number of ether oxygens (including phenoxy) is 1. The second kappa shape index (κ2) is 10.6. The fraction of sp³-hybridized carbons (Fsp3) is 0.375. The maximum Gasteiger partial charge on any atom is 0.313 e. The molecule has 0 bridgehead atoms. The van der Waals surface area contributed by atoms with Crippen LogP contribution < -0.4 is 9.80 Å². The number of nitrogens with zero attached hydrogens (tertiary/aromatic N) is 5. The molecule has 2 aliphatic rings. The molecular weight excluding hydrogens is 556 g/mol. The number of anilines is 3. The molecule has 1 saturated heterocycles. The van der Waals surface area contributed by atoms with Gasteiger partial charge in [0.15, 0.2) is 10.9 Å². The molecule has 1 saturated carbocycles. The summed E-state index contributed by atoms with van der Waals surface area (Å²) in [6.07, 6.45) is 2.02. The highest BCUT2D eigenvalue weighted by atomic mass is 32.1. The topological polar surface area (TPSA) is 82.4 Å². The third-order valence-electron chi connectivity index (χ3n) is 7.51. The smallest absolute Gasteiger partial charge is 0.313 e. The second-order valence-corrected chi connectivity index (χ2v) is 12.8. The van der Waals surface area contributed by atoms with E-state index in [1.54, 1.807) is 12.1 Å². The predicted octanol–water partition coefficient (Wildman–Crippen LogP) is 7.32. The molecule has 0 atom stereocenters. The lowest BCUT2D eigenvalue weighted by atomic mass is 9.98. The third-order valence-corrected chi connectivity index (χ3v) is 8.49. The molecule has 10 heteroatoms. The van der Waals surface area contributed by atoms with Crippen LogP contribution >= 0.6 is 11.3 Å². The van der Waals surface area contributed by atoms with Crippen LogP contribution in [0.3, 0.4) is 0 Å². The lowest BCUT2D eigenvalue weighted by Crippen LogP contribution is -2.52. The number of benzene rings is 2. The number of carbonyl (C=O) groups is 1. The average molecular weight is 588 g/mol. The lowest BCUT2D eigenvalue weighted by Gasteiger charge is -2.40. The zero-order chi connectivity index (χ0) is 29.8. The number of hydrogen-bond acceptors (Lipinski definition) is 8. The Labute approximate surface area is 247 Å². The van der Waals surface area contributed by atoms with Crippen molar-refractivity contribution in [3.63, 3.8) is 0 Å². The van der Waals surface area contributed by atoms with E-state index in [0.29, 0.717) is 52.0 Å². The van der Waals surface area contributed by atoms with E-state index in [0.717, 1.165) is 24.2 Å². The van der Waals surface area contributed by atoms with E-state index in [-0.39, 0.29) is 29.1 Å². The molecule has 3 heterocycles. The minimum Gasteiger partial charge on any atom is -0.460 e. The molecule has 2 fully saturated rings. The maximum atomic E-state index is 15.8. The van der Waals surface area contributed by atoms with Crippen LogP contribution in [0.1, 0.15) is 57.0 Å². The first-order valence-electron chi connectivity index (χ1n) is 14.1. The van der Waals surface area contributed by atoms with Crippen molar-refractivity contribution in [2.24, 2.45) is 5.92 Å². The minimum atomic E-state index is -0.562. The van der Waals surface area contributed by atoms with Gasteiger partial charge in [0.05, 0.1) is 11.6 Å². The van der Waals surface area contributed by atoms with Gasteiger partial charge in [0.25, 0.3) is 0 Å². The van der Waals surface area contributed by atoms with Crippen LogP contribution in [-0.4, -0.2) is 41.2 Å². The normalized spacial score (nSPS) is 15.4. The van der Waals surface area contributed by atoms with Crippen molar-refractivity contribution < 1.29 is 18.3 Å². The van der Waals surface area contributed by atoms with Crippen LogP contribution in [-0.2, 0) is 9.53 Å². The number of esters is 1. The molecule has 4 aromatic rings. The zero-order valence-corrected chi connectivity index (χ0v) is 24.8. The summed E-state index contributed by atoms with van der Waals surface area (Å²) in [7, 11) is 0. The standard InChI is InChI=1S/C32H31F2N5O2S/c1-5-39(31-37-28(27(15-35)42-31)19-8-10-21(33)11-9-19)26-14-25(18-6-7-18)36-29-23(26)12-22(13-24(29)34)38-16-20(17-38)30(40)41-32(2,3)4/h8-14,18,20H,5-7,16-17H2,1-4H3. The van der Waals surface area contributed by atoms with Crippen LogP contribution in [0.4, 0.5) is 25.3 Å². The van der Waals surface area contributed by atoms with E-state index >= 15 is 4.39 Å². The molecule has 0 spiro atoms. The number of carbonyl (C=O) groups excluding carboxylic acids is 1. The third kappa shape index (κ3) is 5.41. The Morgan fingerprint density at radius 2 is 1.86 bits per heavy atom. The fourth-order valence-electron chi connectivity index (χ4n) is 5.20. The summed E-state index contributed by atoms with van der Waals surface area (Å²) in [5.74, 6) is -1.02. The monoisotopic (exact) mass is 587 g/mol. The quantitative estimate of drug-likeness (QED) is 0.210. The molecule has 0 N–H and O–H groups in total. The Kier molecular flexibility index (Phi) is 7.09. The molecule has 42 heavy (non-hydrogen) atoms. The van der Waals surface area contributed by atoms with Gasteiger partial charge in [-0.1, -0.05) is 11.3 Å². The molecule has 1 aliphatic carbocycles. The van der Waals surface area contributed by atoms with Crippen LogP contribution in [0.2, 0.25) is 0 Å². The number of aromatic nitrogens is 2. The molecular formula is C32H31F2N5O2S. The average Bonchev–Trinajstić information content (AvgIpc) is 3.67. The highest BCUT2D eigenvalue weighted by Gasteiger charge is 2.37. The summed E-state index contributed by atoms with van der Waals surface area (Å²) in [4.78, 5) is 26.4. The fourth-order valence-corrected chi connectivity index (χ4v) is 6.17. The Balaban J connectivity index is 1.40. The molecule has 0 radical (unpaired) electrons. The van der Waals surface area contributed by atoms with Gasteiger partial charge in [0, 0.05) is 47.9 Å². The van der Waals surface area contributed by atoms with Crippen molar-refractivity contribution >= 4 is 44.7 Å². The molecule has 2 aromatic heterocycles. The molecule has 2 aromatic carbocycles. The Morgan fingerprint density at radius 3 is 2.48 bits per heavy atom. The van der Waals surface area contributed by atoms with Gasteiger partial charge in [0.1, 0.15) is 33.6 Å². The van der Waals surface area contributed by atoms with Crippen molar-refractivity contribution in [2.45, 2.75) is 52.1 Å². The van der Waals surface area contributed by atoms with E-state index in [1.807, 2.05) is 49.6 Å².